The molecule has 0 unspecified atom stereocenters. The highest BCUT2D eigenvalue weighted by Crippen LogP contribution is 2.26. The third kappa shape index (κ3) is 5.28. The standard InChI is InChI=1S/C26H18Cl2O5/c1-31-18-5-2-4-16(12-18)15-32-19-9-8-17-13-21(26(30)33-25(17)14-19)24(29)11-10-20-22(27)6-3-7-23(20)28/h2-14H,15H2,1H3/b11-10+. The number of methoxy groups -OCH3 is 1. The van der Waals surface area contributed by atoms with Crippen LogP contribution in [0.25, 0.3) is 17.0 Å². The van der Waals surface area contributed by atoms with Crippen LogP contribution in [0.15, 0.2) is 82.0 Å². The molecular weight excluding hydrogens is 463 g/mol. The molecule has 1 heterocycles. The van der Waals surface area contributed by atoms with Gasteiger partial charge in [0.15, 0.2) is 5.78 Å². The van der Waals surface area contributed by atoms with Gasteiger partial charge in [-0.2, -0.15) is 0 Å². The fraction of sp³-hybridized carbons (Fsp3) is 0.0769. The first kappa shape index (κ1) is 22.6. The summed E-state index contributed by atoms with van der Waals surface area (Å²) in [6.45, 7) is 0.318. The Morgan fingerprint density at radius 2 is 1.73 bits per heavy atom. The number of benzene rings is 3. The molecule has 0 aliphatic carbocycles. The van der Waals surface area contributed by atoms with E-state index in [2.05, 4.69) is 0 Å². The van der Waals surface area contributed by atoms with Crippen LogP contribution in [-0.4, -0.2) is 12.9 Å². The fourth-order valence-corrected chi connectivity index (χ4v) is 3.72. The van der Waals surface area contributed by atoms with Crippen LogP contribution in [0.2, 0.25) is 10.0 Å². The number of allylic oxidation sites excluding steroid dienone is 1. The number of carbonyl (C=O) groups excluding carboxylic acids is 1. The molecule has 3 aromatic carbocycles. The SMILES string of the molecule is COc1cccc(COc2ccc3cc(C(=O)/C=C/c4c(Cl)cccc4Cl)c(=O)oc3c2)c1. The fourth-order valence-electron chi connectivity index (χ4n) is 3.20. The molecule has 0 saturated heterocycles. The van der Waals surface area contributed by atoms with Crippen LogP contribution in [0.5, 0.6) is 11.5 Å². The zero-order chi connectivity index (χ0) is 23.4. The quantitative estimate of drug-likeness (QED) is 0.169. The molecule has 4 aromatic rings. The Labute approximate surface area is 199 Å². The van der Waals surface area contributed by atoms with Gasteiger partial charge in [-0.1, -0.05) is 41.4 Å². The van der Waals surface area contributed by atoms with Gasteiger partial charge in [-0.15, -0.1) is 0 Å². The maximum atomic E-state index is 12.6. The van der Waals surface area contributed by atoms with Crippen LogP contribution in [-0.2, 0) is 6.61 Å². The highest BCUT2D eigenvalue weighted by molar-refractivity contribution is 6.37. The van der Waals surface area contributed by atoms with Crippen molar-refractivity contribution in [1.82, 2.24) is 0 Å². The molecule has 0 bridgehead atoms. The minimum Gasteiger partial charge on any atom is -0.497 e. The van der Waals surface area contributed by atoms with E-state index in [4.69, 9.17) is 37.1 Å². The van der Waals surface area contributed by atoms with Crippen molar-refractivity contribution < 1.29 is 18.7 Å². The Balaban J connectivity index is 1.54. The summed E-state index contributed by atoms with van der Waals surface area (Å²) in [6, 6.07) is 19.1. The summed E-state index contributed by atoms with van der Waals surface area (Å²) in [7, 11) is 1.60. The lowest BCUT2D eigenvalue weighted by molar-refractivity contribution is 0.104. The number of hydrogen-bond donors (Lipinski definition) is 0. The predicted octanol–water partition coefficient (Wildman–Crippen LogP) is 6.58. The van der Waals surface area contributed by atoms with E-state index in [9.17, 15) is 9.59 Å². The monoisotopic (exact) mass is 480 g/mol. The van der Waals surface area contributed by atoms with Crippen molar-refractivity contribution in [3.63, 3.8) is 0 Å². The van der Waals surface area contributed by atoms with Gasteiger partial charge in [-0.3, -0.25) is 4.79 Å². The summed E-state index contributed by atoms with van der Waals surface area (Å²) in [6.07, 6.45) is 2.73. The minimum atomic E-state index is -0.743. The zero-order valence-corrected chi connectivity index (χ0v) is 19.0. The molecule has 7 heteroatoms. The molecule has 0 aliphatic heterocycles. The lowest BCUT2D eigenvalue weighted by atomic mass is 10.1. The Morgan fingerprint density at radius 3 is 2.48 bits per heavy atom. The average molecular weight is 481 g/mol. The van der Waals surface area contributed by atoms with E-state index in [0.717, 1.165) is 11.3 Å². The number of carbonyl (C=O) groups is 1. The van der Waals surface area contributed by atoms with Crippen LogP contribution < -0.4 is 15.1 Å². The third-order valence-corrected chi connectivity index (χ3v) is 5.57. The molecule has 0 radical (unpaired) electrons. The van der Waals surface area contributed by atoms with Gasteiger partial charge in [-0.05, 0) is 60.2 Å². The molecule has 1 aromatic heterocycles. The average Bonchev–Trinajstić information content (AvgIpc) is 2.81. The molecule has 33 heavy (non-hydrogen) atoms. The second kappa shape index (κ2) is 9.94. The zero-order valence-electron chi connectivity index (χ0n) is 17.5. The normalized spacial score (nSPS) is 11.1. The van der Waals surface area contributed by atoms with Gasteiger partial charge in [0.2, 0.25) is 0 Å². The molecule has 0 aliphatic rings. The molecule has 5 nitrogen and oxygen atoms in total. The third-order valence-electron chi connectivity index (χ3n) is 4.91. The molecule has 166 valence electrons. The van der Waals surface area contributed by atoms with E-state index in [1.54, 1.807) is 43.5 Å². The van der Waals surface area contributed by atoms with Crippen LogP contribution in [0.3, 0.4) is 0 Å². The molecule has 0 spiro atoms. The van der Waals surface area contributed by atoms with Crippen molar-refractivity contribution in [3.05, 3.63) is 110 Å². The molecule has 0 saturated carbocycles. The molecule has 0 amide bonds. The van der Waals surface area contributed by atoms with Gasteiger partial charge >= 0.3 is 5.63 Å². The first-order valence-electron chi connectivity index (χ1n) is 9.94. The van der Waals surface area contributed by atoms with Gasteiger partial charge in [0.1, 0.15) is 29.3 Å². The van der Waals surface area contributed by atoms with Crippen LogP contribution >= 0.6 is 23.2 Å². The minimum absolute atomic E-state index is 0.0908. The highest BCUT2D eigenvalue weighted by Gasteiger charge is 2.13. The van der Waals surface area contributed by atoms with E-state index in [-0.39, 0.29) is 5.56 Å². The van der Waals surface area contributed by atoms with Gasteiger partial charge < -0.3 is 13.9 Å². The van der Waals surface area contributed by atoms with Gasteiger partial charge in [0, 0.05) is 27.1 Å². The van der Waals surface area contributed by atoms with Crippen molar-refractivity contribution in [2.75, 3.05) is 7.11 Å². The second-order valence-corrected chi connectivity index (χ2v) is 7.93. The van der Waals surface area contributed by atoms with Crippen molar-refractivity contribution in [2.24, 2.45) is 0 Å². The number of rotatable bonds is 7. The van der Waals surface area contributed by atoms with Gasteiger partial charge in [0.25, 0.3) is 0 Å². The lowest BCUT2D eigenvalue weighted by Gasteiger charge is -2.08. The Morgan fingerprint density at radius 1 is 0.970 bits per heavy atom. The topological polar surface area (TPSA) is 65.7 Å². The van der Waals surface area contributed by atoms with E-state index >= 15 is 0 Å². The lowest BCUT2D eigenvalue weighted by Crippen LogP contribution is -2.12. The Bertz CT molecular complexity index is 1400. The first-order chi connectivity index (χ1) is 15.9. The van der Waals surface area contributed by atoms with E-state index in [1.807, 2.05) is 24.3 Å². The number of ketones is 1. The predicted molar refractivity (Wildman–Crippen MR) is 130 cm³/mol. The summed E-state index contributed by atoms with van der Waals surface area (Å²) < 4.78 is 16.4. The van der Waals surface area contributed by atoms with Crippen LogP contribution in [0, 0.1) is 0 Å². The van der Waals surface area contributed by atoms with Crippen molar-refractivity contribution >= 4 is 46.0 Å². The Hall–Kier alpha value is -3.54. The highest BCUT2D eigenvalue weighted by atomic mass is 35.5. The van der Waals surface area contributed by atoms with Crippen molar-refractivity contribution in [2.45, 2.75) is 6.61 Å². The number of hydrogen-bond acceptors (Lipinski definition) is 5. The molecule has 0 fully saturated rings. The maximum Gasteiger partial charge on any atom is 0.347 e. The molecular formula is C26H18Cl2O5. The van der Waals surface area contributed by atoms with E-state index < -0.39 is 11.4 Å². The summed E-state index contributed by atoms with van der Waals surface area (Å²) in [4.78, 5) is 25.1. The number of halogens is 2. The van der Waals surface area contributed by atoms with Crippen LogP contribution in [0.4, 0.5) is 0 Å². The summed E-state index contributed by atoms with van der Waals surface area (Å²) in [5, 5.41) is 1.40. The number of ether oxygens (including phenoxy) is 2. The summed E-state index contributed by atoms with van der Waals surface area (Å²) >= 11 is 12.2. The molecule has 0 atom stereocenters. The van der Waals surface area contributed by atoms with E-state index in [0.29, 0.717) is 38.9 Å². The first-order valence-corrected chi connectivity index (χ1v) is 10.7. The molecule has 0 N–H and O–H groups in total. The smallest absolute Gasteiger partial charge is 0.347 e. The van der Waals surface area contributed by atoms with Crippen LogP contribution in [0.1, 0.15) is 21.5 Å². The largest absolute Gasteiger partial charge is 0.497 e. The second-order valence-electron chi connectivity index (χ2n) is 7.12. The van der Waals surface area contributed by atoms with Crippen molar-refractivity contribution in [1.29, 1.82) is 0 Å². The summed E-state index contributed by atoms with van der Waals surface area (Å²) in [5.74, 6) is 0.754. The molecule has 4 rings (SSSR count). The van der Waals surface area contributed by atoms with Gasteiger partial charge in [0.05, 0.1) is 7.11 Å². The van der Waals surface area contributed by atoms with Gasteiger partial charge in [-0.25, -0.2) is 4.79 Å². The summed E-state index contributed by atoms with van der Waals surface area (Å²) in [5.41, 5.74) is 0.914. The van der Waals surface area contributed by atoms with Crippen molar-refractivity contribution in [3.8, 4) is 11.5 Å². The van der Waals surface area contributed by atoms with E-state index in [1.165, 1.54) is 18.2 Å². The number of fused-ring (bicyclic) bond motifs is 1. The maximum absolute atomic E-state index is 12.6. The Kier molecular flexibility index (Phi) is 6.82.